The van der Waals surface area contributed by atoms with Crippen LogP contribution in [0, 0.1) is 6.92 Å². The van der Waals surface area contributed by atoms with Crippen LogP contribution in [-0.4, -0.2) is 35.8 Å². The summed E-state index contributed by atoms with van der Waals surface area (Å²) in [6, 6.07) is 23.0. The molecule has 1 atom stereocenters. The first-order valence-electron chi connectivity index (χ1n) is 11.6. The van der Waals surface area contributed by atoms with Gasteiger partial charge in [-0.3, -0.25) is 9.59 Å². The predicted octanol–water partition coefficient (Wildman–Crippen LogP) is 5.05. The molecule has 3 aromatic carbocycles. The molecule has 33 heavy (non-hydrogen) atoms. The van der Waals surface area contributed by atoms with E-state index < -0.39 is 6.04 Å². The highest BCUT2D eigenvalue weighted by molar-refractivity contribution is 6.04. The summed E-state index contributed by atoms with van der Waals surface area (Å²) in [6.07, 6.45) is 0.461. The molecular weight excluding hydrogens is 410 g/mol. The maximum absolute atomic E-state index is 13.6. The molecule has 170 valence electrons. The zero-order valence-corrected chi connectivity index (χ0v) is 19.5. The summed E-state index contributed by atoms with van der Waals surface area (Å²) in [6.45, 7) is 8.57. The van der Waals surface area contributed by atoms with E-state index in [2.05, 4.69) is 30.1 Å². The lowest BCUT2D eigenvalue weighted by Gasteiger charge is -2.28. The van der Waals surface area contributed by atoms with E-state index >= 15 is 0 Å². The number of anilines is 2. The molecule has 0 saturated heterocycles. The number of fused-ring (bicyclic) bond motifs is 1. The minimum Gasteiger partial charge on any atom is -0.372 e. The highest BCUT2D eigenvalue weighted by Gasteiger charge is 2.36. The van der Waals surface area contributed by atoms with Gasteiger partial charge in [-0.1, -0.05) is 48.5 Å². The summed E-state index contributed by atoms with van der Waals surface area (Å²) in [5.74, 6) is -0.256. The van der Waals surface area contributed by atoms with Gasteiger partial charge in [0.15, 0.2) is 0 Å². The number of carbonyl (C=O) groups is 2. The molecule has 4 rings (SSSR count). The van der Waals surface area contributed by atoms with Crippen molar-refractivity contribution in [3.63, 3.8) is 0 Å². The number of nitrogens with one attached hydrogen (secondary N) is 1. The molecule has 0 fully saturated rings. The molecule has 0 aliphatic carbocycles. The maximum Gasteiger partial charge on any atom is 0.255 e. The SMILES string of the molecule is CCN(CC)c1ccc(NC(=O)[C@H](Cc2ccccc2)N2Cc3ccccc3C2=O)c(C)c1. The van der Waals surface area contributed by atoms with Crippen LogP contribution in [0.25, 0.3) is 0 Å². The number of rotatable bonds is 8. The monoisotopic (exact) mass is 441 g/mol. The van der Waals surface area contributed by atoms with Crippen molar-refractivity contribution in [1.82, 2.24) is 4.90 Å². The second-order valence-electron chi connectivity index (χ2n) is 8.46. The van der Waals surface area contributed by atoms with Gasteiger partial charge < -0.3 is 15.1 Å². The highest BCUT2D eigenvalue weighted by Crippen LogP contribution is 2.28. The summed E-state index contributed by atoms with van der Waals surface area (Å²) in [7, 11) is 0. The van der Waals surface area contributed by atoms with Gasteiger partial charge in [-0.2, -0.15) is 0 Å². The Morgan fingerprint density at radius 2 is 1.70 bits per heavy atom. The summed E-state index contributed by atoms with van der Waals surface area (Å²) < 4.78 is 0. The first-order chi connectivity index (χ1) is 16.0. The molecule has 1 aliphatic rings. The van der Waals surface area contributed by atoms with Crippen LogP contribution >= 0.6 is 0 Å². The van der Waals surface area contributed by atoms with Crippen molar-refractivity contribution >= 4 is 23.2 Å². The molecule has 5 nitrogen and oxygen atoms in total. The molecule has 0 bridgehead atoms. The average Bonchev–Trinajstić information content (AvgIpc) is 3.17. The van der Waals surface area contributed by atoms with Gasteiger partial charge in [0, 0.05) is 43.0 Å². The Kier molecular flexibility index (Phi) is 6.78. The first-order valence-corrected chi connectivity index (χ1v) is 11.6. The molecule has 2 amide bonds. The van der Waals surface area contributed by atoms with E-state index in [0.717, 1.165) is 41.2 Å². The first kappa shape index (κ1) is 22.6. The van der Waals surface area contributed by atoms with Crippen molar-refractivity contribution in [3.8, 4) is 0 Å². The van der Waals surface area contributed by atoms with Crippen LogP contribution in [0.15, 0.2) is 72.8 Å². The zero-order chi connectivity index (χ0) is 23.4. The molecule has 0 radical (unpaired) electrons. The fourth-order valence-electron chi connectivity index (χ4n) is 4.50. The normalized spacial score (nSPS) is 13.5. The Balaban J connectivity index is 1.60. The van der Waals surface area contributed by atoms with E-state index in [1.165, 1.54) is 0 Å². The van der Waals surface area contributed by atoms with E-state index in [0.29, 0.717) is 18.5 Å². The average molecular weight is 442 g/mol. The molecule has 1 aliphatic heterocycles. The van der Waals surface area contributed by atoms with E-state index in [9.17, 15) is 9.59 Å². The number of carbonyl (C=O) groups excluding carboxylic acids is 2. The number of aryl methyl sites for hydroxylation is 1. The molecule has 0 spiro atoms. The van der Waals surface area contributed by atoms with Crippen LogP contribution in [0.5, 0.6) is 0 Å². The Morgan fingerprint density at radius 3 is 2.36 bits per heavy atom. The predicted molar refractivity (Wildman–Crippen MR) is 134 cm³/mol. The van der Waals surface area contributed by atoms with Crippen molar-refractivity contribution in [2.75, 3.05) is 23.3 Å². The molecule has 0 saturated carbocycles. The van der Waals surface area contributed by atoms with E-state index in [4.69, 9.17) is 0 Å². The molecule has 0 unspecified atom stereocenters. The van der Waals surface area contributed by atoms with E-state index in [1.807, 2.05) is 73.7 Å². The van der Waals surface area contributed by atoms with Crippen molar-refractivity contribution < 1.29 is 9.59 Å². The second-order valence-corrected chi connectivity index (χ2v) is 8.46. The fraction of sp³-hybridized carbons (Fsp3) is 0.286. The van der Waals surface area contributed by atoms with Crippen LogP contribution in [0.3, 0.4) is 0 Å². The van der Waals surface area contributed by atoms with Gasteiger partial charge in [0.1, 0.15) is 6.04 Å². The van der Waals surface area contributed by atoms with Crippen molar-refractivity contribution in [2.45, 2.75) is 39.8 Å². The molecule has 3 aromatic rings. The number of hydrogen-bond donors (Lipinski definition) is 1. The van der Waals surface area contributed by atoms with Crippen LogP contribution in [0.1, 0.15) is 40.9 Å². The number of amides is 2. The molecule has 0 aromatic heterocycles. The molecule has 5 heteroatoms. The largest absolute Gasteiger partial charge is 0.372 e. The van der Waals surface area contributed by atoms with Crippen LogP contribution in [0.4, 0.5) is 11.4 Å². The lowest BCUT2D eigenvalue weighted by Crippen LogP contribution is -2.45. The summed E-state index contributed by atoms with van der Waals surface area (Å²) >= 11 is 0. The van der Waals surface area contributed by atoms with Gasteiger partial charge in [-0.15, -0.1) is 0 Å². The van der Waals surface area contributed by atoms with E-state index in [-0.39, 0.29) is 11.8 Å². The minimum atomic E-state index is -0.603. The third-order valence-corrected chi connectivity index (χ3v) is 6.40. The third-order valence-electron chi connectivity index (χ3n) is 6.40. The van der Waals surface area contributed by atoms with Gasteiger partial charge in [0.25, 0.3) is 5.91 Å². The molecule has 1 heterocycles. The van der Waals surface area contributed by atoms with Crippen LogP contribution in [0.2, 0.25) is 0 Å². The van der Waals surface area contributed by atoms with Gasteiger partial charge >= 0.3 is 0 Å². The van der Waals surface area contributed by atoms with Crippen LogP contribution in [-0.2, 0) is 17.8 Å². The Labute approximate surface area is 196 Å². The zero-order valence-electron chi connectivity index (χ0n) is 19.5. The second kappa shape index (κ2) is 9.90. The topological polar surface area (TPSA) is 52.7 Å². The number of benzene rings is 3. The number of hydrogen-bond acceptors (Lipinski definition) is 3. The minimum absolute atomic E-state index is 0.0877. The smallest absolute Gasteiger partial charge is 0.255 e. The van der Waals surface area contributed by atoms with Crippen molar-refractivity contribution in [2.24, 2.45) is 0 Å². The maximum atomic E-state index is 13.6. The van der Waals surface area contributed by atoms with Gasteiger partial charge in [0.05, 0.1) is 0 Å². The Hall–Kier alpha value is -3.60. The number of nitrogens with zero attached hydrogens (tertiary/aromatic N) is 2. The third kappa shape index (κ3) is 4.77. The standard InChI is InChI=1S/C28H31N3O2/c1-4-30(5-2)23-15-16-25(20(3)17-23)29-27(32)26(18-21-11-7-6-8-12-21)31-19-22-13-9-10-14-24(22)28(31)33/h6-17,26H,4-5,18-19H2,1-3H3,(H,29,32)/t26-/m0/s1. The van der Waals surface area contributed by atoms with Crippen molar-refractivity contribution in [3.05, 3.63) is 95.1 Å². The lowest BCUT2D eigenvalue weighted by atomic mass is 10.0. The van der Waals surface area contributed by atoms with E-state index in [1.54, 1.807) is 4.90 Å². The summed E-state index contributed by atoms with van der Waals surface area (Å²) in [5, 5.41) is 3.11. The van der Waals surface area contributed by atoms with Gasteiger partial charge in [0.2, 0.25) is 5.91 Å². The highest BCUT2D eigenvalue weighted by atomic mass is 16.2. The summed E-state index contributed by atoms with van der Waals surface area (Å²) in [5.41, 5.74) is 5.59. The molecule has 1 N–H and O–H groups in total. The quantitative estimate of drug-likeness (QED) is 0.532. The summed E-state index contributed by atoms with van der Waals surface area (Å²) in [4.78, 5) is 30.7. The van der Waals surface area contributed by atoms with Gasteiger partial charge in [-0.25, -0.2) is 0 Å². The lowest BCUT2D eigenvalue weighted by molar-refractivity contribution is -0.120. The Morgan fingerprint density at radius 1 is 1.00 bits per heavy atom. The fourth-order valence-corrected chi connectivity index (χ4v) is 4.50. The molecular formula is C28H31N3O2. The van der Waals surface area contributed by atoms with Gasteiger partial charge in [-0.05, 0) is 61.7 Å². The van der Waals surface area contributed by atoms with Crippen LogP contribution < -0.4 is 10.2 Å². The van der Waals surface area contributed by atoms with Crippen molar-refractivity contribution in [1.29, 1.82) is 0 Å². The Bertz CT molecular complexity index is 1140.